The van der Waals surface area contributed by atoms with Gasteiger partial charge in [-0.15, -0.1) is 10.2 Å². The van der Waals surface area contributed by atoms with Crippen LogP contribution in [0.4, 0.5) is 0 Å². The van der Waals surface area contributed by atoms with Crippen LogP contribution in [-0.4, -0.2) is 45.5 Å². The summed E-state index contributed by atoms with van der Waals surface area (Å²) in [4.78, 5) is 8.97. The number of guanidine groups is 1. The molecular weight excluding hydrogens is 358 g/mol. The maximum Gasteiger partial charge on any atom is 0.213 e. The third kappa shape index (κ3) is 6.63. The van der Waals surface area contributed by atoms with Crippen LogP contribution in [0.5, 0.6) is 0 Å². The SMILES string of the molecule is CCOCCCNC(=NCc1nnc(C)n1C)NCc1ncc(C(C)(C)C)o1. The van der Waals surface area contributed by atoms with E-state index in [2.05, 4.69) is 51.6 Å². The zero-order chi connectivity index (χ0) is 20.6. The molecule has 0 saturated carbocycles. The van der Waals surface area contributed by atoms with Crippen molar-refractivity contribution < 1.29 is 9.15 Å². The van der Waals surface area contributed by atoms with Crippen molar-refractivity contribution in [2.24, 2.45) is 12.0 Å². The summed E-state index contributed by atoms with van der Waals surface area (Å²) in [6, 6.07) is 0. The number of aromatic nitrogens is 4. The van der Waals surface area contributed by atoms with Crippen molar-refractivity contribution in [3.8, 4) is 0 Å². The zero-order valence-electron chi connectivity index (χ0n) is 17.9. The van der Waals surface area contributed by atoms with Crippen molar-refractivity contribution in [1.82, 2.24) is 30.4 Å². The molecule has 28 heavy (non-hydrogen) atoms. The largest absolute Gasteiger partial charge is 0.443 e. The molecule has 0 fully saturated rings. The Morgan fingerprint density at radius 2 is 2.07 bits per heavy atom. The first-order valence-electron chi connectivity index (χ1n) is 9.71. The van der Waals surface area contributed by atoms with Gasteiger partial charge in [-0.3, -0.25) is 0 Å². The molecule has 0 aliphatic heterocycles. The molecule has 2 aromatic heterocycles. The highest BCUT2D eigenvalue weighted by atomic mass is 16.5. The molecule has 2 rings (SSSR count). The Bertz CT molecular complexity index is 759. The van der Waals surface area contributed by atoms with Crippen molar-refractivity contribution in [2.75, 3.05) is 19.8 Å². The van der Waals surface area contributed by atoms with E-state index in [4.69, 9.17) is 9.15 Å². The van der Waals surface area contributed by atoms with Gasteiger partial charge in [0.1, 0.15) is 18.1 Å². The number of hydrogen-bond acceptors (Lipinski definition) is 6. The molecule has 0 radical (unpaired) electrons. The molecule has 0 aliphatic rings. The summed E-state index contributed by atoms with van der Waals surface area (Å²) in [7, 11) is 1.93. The fraction of sp³-hybridized carbons (Fsp3) is 0.684. The smallest absolute Gasteiger partial charge is 0.213 e. The number of oxazole rings is 1. The molecule has 2 aromatic rings. The van der Waals surface area contributed by atoms with E-state index in [0.717, 1.165) is 37.0 Å². The maximum absolute atomic E-state index is 5.84. The Morgan fingerprint density at radius 1 is 1.29 bits per heavy atom. The third-order valence-electron chi connectivity index (χ3n) is 4.22. The van der Waals surface area contributed by atoms with Gasteiger partial charge in [-0.1, -0.05) is 20.8 Å². The van der Waals surface area contributed by atoms with E-state index >= 15 is 0 Å². The molecule has 0 atom stereocenters. The molecule has 156 valence electrons. The molecule has 0 saturated heterocycles. The highest BCUT2D eigenvalue weighted by Gasteiger charge is 2.19. The Hall–Kier alpha value is -2.42. The molecule has 0 aliphatic carbocycles. The normalized spacial score (nSPS) is 12.4. The molecule has 9 nitrogen and oxygen atoms in total. The topological polar surface area (TPSA) is 102 Å². The monoisotopic (exact) mass is 391 g/mol. The first kappa shape index (κ1) is 21.9. The van der Waals surface area contributed by atoms with Gasteiger partial charge >= 0.3 is 0 Å². The lowest BCUT2D eigenvalue weighted by atomic mass is 9.94. The molecular formula is C19H33N7O2. The van der Waals surface area contributed by atoms with Gasteiger partial charge in [0.25, 0.3) is 0 Å². The number of aryl methyl sites for hydroxylation is 1. The first-order chi connectivity index (χ1) is 13.3. The van der Waals surface area contributed by atoms with Crippen LogP contribution < -0.4 is 10.6 Å². The molecule has 0 spiro atoms. The van der Waals surface area contributed by atoms with Crippen molar-refractivity contribution in [3.63, 3.8) is 0 Å². The van der Waals surface area contributed by atoms with Crippen LogP contribution in [0.15, 0.2) is 15.6 Å². The van der Waals surface area contributed by atoms with Crippen LogP contribution in [-0.2, 0) is 30.3 Å². The number of rotatable bonds is 9. The van der Waals surface area contributed by atoms with E-state index in [1.807, 2.05) is 25.5 Å². The second-order valence-corrected chi connectivity index (χ2v) is 7.59. The summed E-state index contributed by atoms with van der Waals surface area (Å²) >= 11 is 0. The fourth-order valence-corrected chi connectivity index (χ4v) is 2.34. The predicted octanol–water partition coefficient (Wildman–Crippen LogP) is 2.07. The van der Waals surface area contributed by atoms with Gasteiger partial charge in [0, 0.05) is 32.2 Å². The molecule has 0 unspecified atom stereocenters. The summed E-state index contributed by atoms with van der Waals surface area (Å²) in [6.07, 6.45) is 2.68. The number of ether oxygens (including phenoxy) is 1. The van der Waals surface area contributed by atoms with E-state index in [0.29, 0.717) is 31.5 Å². The lowest BCUT2D eigenvalue weighted by molar-refractivity contribution is 0.145. The van der Waals surface area contributed by atoms with Crippen LogP contribution in [0.3, 0.4) is 0 Å². The van der Waals surface area contributed by atoms with Gasteiger partial charge in [0.2, 0.25) is 5.89 Å². The third-order valence-corrected chi connectivity index (χ3v) is 4.22. The van der Waals surface area contributed by atoms with Gasteiger partial charge in [-0.25, -0.2) is 9.98 Å². The summed E-state index contributed by atoms with van der Waals surface area (Å²) in [5, 5.41) is 14.8. The molecule has 2 heterocycles. The predicted molar refractivity (Wildman–Crippen MR) is 108 cm³/mol. The molecule has 9 heteroatoms. The van der Waals surface area contributed by atoms with E-state index in [1.165, 1.54) is 0 Å². The van der Waals surface area contributed by atoms with Gasteiger partial charge in [0.05, 0.1) is 12.7 Å². The quantitative estimate of drug-likeness (QED) is 0.383. The minimum absolute atomic E-state index is 0.0667. The number of nitrogens with zero attached hydrogens (tertiary/aromatic N) is 5. The van der Waals surface area contributed by atoms with Gasteiger partial charge < -0.3 is 24.4 Å². The fourth-order valence-electron chi connectivity index (χ4n) is 2.34. The Labute approximate surface area is 167 Å². The van der Waals surface area contributed by atoms with Crippen LogP contribution in [0.2, 0.25) is 0 Å². The second-order valence-electron chi connectivity index (χ2n) is 7.59. The number of hydrogen-bond donors (Lipinski definition) is 2. The average Bonchev–Trinajstić information content (AvgIpc) is 3.25. The zero-order valence-corrected chi connectivity index (χ0v) is 17.9. The van der Waals surface area contributed by atoms with Gasteiger partial charge in [-0.05, 0) is 20.3 Å². The van der Waals surface area contributed by atoms with Crippen molar-refractivity contribution in [2.45, 2.75) is 59.5 Å². The summed E-state index contributed by atoms with van der Waals surface area (Å²) in [5.74, 6) is 3.83. The van der Waals surface area contributed by atoms with Gasteiger partial charge in [-0.2, -0.15) is 0 Å². The highest BCUT2D eigenvalue weighted by Crippen LogP contribution is 2.22. The molecule has 0 aromatic carbocycles. The highest BCUT2D eigenvalue weighted by molar-refractivity contribution is 5.79. The maximum atomic E-state index is 5.84. The Balaban J connectivity index is 1.97. The van der Waals surface area contributed by atoms with Crippen LogP contribution in [0.1, 0.15) is 57.4 Å². The van der Waals surface area contributed by atoms with Gasteiger partial charge in [0.15, 0.2) is 11.8 Å². The minimum atomic E-state index is -0.0667. The van der Waals surface area contributed by atoms with Crippen LogP contribution in [0.25, 0.3) is 0 Å². The lowest BCUT2D eigenvalue weighted by Crippen LogP contribution is -2.38. The standard InChI is InChI=1S/C19H33N7O2/c1-7-27-10-8-9-20-18(22-12-16-25-24-14(2)26(16)6)23-13-17-21-11-15(28-17)19(3,4)5/h11H,7-10,12-13H2,1-6H3,(H2,20,22,23). The van der Waals surface area contributed by atoms with Crippen LogP contribution in [0, 0.1) is 6.92 Å². The molecule has 2 N–H and O–H groups in total. The first-order valence-corrected chi connectivity index (χ1v) is 9.71. The average molecular weight is 392 g/mol. The van der Waals surface area contributed by atoms with E-state index in [-0.39, 0.29) is 5.41 Å². The Morgan fingerprint density at radius 3 is 2.68 bits per heavy atom. The van der Waals surface area contributed by atoms with E-state index in [1.54, 1.807) is 6.20 Å². The summed E-state index contributed by atoms with van der Waals surface area (Å²) in [6.45, 7) is 13.3. The van der Waals surface area contributed by atoms with Crippen molar-refractivity contribution in [1.29, 1.82) is 0 Å². The summed E-state index contributed by atoms with van der Waals surface area (Å²) in [5.41, 5.74) is -0.0667. The Kier molecular flexibility index (Phi) is 7.98. The van der Waals surface area contributed by atoms with Crippen molar-refractivity contribution in [3.05, 3.63) is 29.5 Å². The van der Waals surface area contributed by atoms with Crippen LogP contribution >= 0.6 is 0 Å². The number of nitrogens with one attached hydrogen (secondary N) is 2. The summed E-state index contributed by atoms with van der Waals surface area (Å²) < 4.78 is 13.1. The van der Waals surface area contributed by atoms with E-state index in [9.17, 15) is 0 Å². The van der Waals surface area contributed by atoms with Crippen molar-refractivity contribution >= 4 is 5.96 Å². The second kappa shape index (κ2) is 10.2. The van der Waals surface area contributed by atoms with E-state index < -0.39 is 0 Å². The minimum Gasteiger partial charge on any atom is -0.443 e. The molecule has 0 bridgehead atoms. The molecule has 0 amide bonds. The number of aliphatic imine (C=N–C) groups is 1. The lowest BCUT2D eigenvalue weighted by Gasteiger charge is -2.14.